The second kappa shape index (κ2) is 8.88. The zero-order valence-electron chi connectivity index (χ0n) is 15.7. The van der Waals surface area contributed by atoms with Crippen molar-refractivity contribution in [3.63, 3.8) is 0 Å². The lowest BCUT2D eigenvalue weighted by Crippen LogP contribution is -2.27. The van der Waals surface area contributed by atoms with Gasteiger partial charge in [0.25, 0.3) is 0 Å². The Bertz CT molecular complexity index is 858. The lowest BCUT2D eigenvalue weighted by atomic mass is 9.92. The van der Waals surface area contributed by atoms with E-state index in [9.17, 15) is 17.6 Å². The van der Waals surface area contributed by atoms with Gasteiger partial charge in [-0.2, -0.15) is 13.2 Å². The summed E-state index contributed by atoms with van der Waals surface area (Å²) in [5.74, 6) is 0. The zero-order valence-corrected chi connectivity index (χ0v) is 15.7. The summed E-state index contributed by atoms with van der Waals surface area (Å²) in [5.41, 5.74) is 4.17. The van der Waals surface area contributed by atoms with Crippen LogP contribution in [0.2, 0.25) is 0 Å². The number of rotatable bonds is 6. The van der Waals surface area contributed by atoms with Crippen LogP contribution in [0.4, 0.5) is 17.6 Å². The van der Waals surface area contributed by atoms with Crippen LogP contribution in [0.5, 0.6) is 0 Å². The van der Waals surface area contributed by atoms with E-state index in [4.69, 9.17) is 4.74 Å². The monoisotopic (exact) mass is 393 g/mol. The van der Waals surface area contributed by atoms with Gasteiger partial charge in [0.05, 0.1) is 18.8 Å². The molecule has 150 valence electrons. The summed E-state index contributed by atoms with van der Waals surface area (Å²) in [6.07, 6.45) is -3.63. The highest BCUT2D eigenvalue weighted by Crippen LogP contribution is 2.31. The third kappa shape index (κ3) is 5.00. The van der Waals surface area contributed by atoms with E-state index in [2.05, 4.69) is 24.4 Å². The predicted octanol–water partition coefficient (Wildman–Crippen LogP) is 5.45. The van der Waals surface area contributed by atoms with Gasteiger partial charge in [-0.05, 0) is 65.4 Å². The number of hydrogen-bond acceptors (Lipinski definition) is 2. The van der Waals surface area contributed by atoms with Gasteiger partial charge in [0.15, 0.2) is 0 Å². The van der Waals surface area contributed by atoms with E-state index >= 15 is 0 Å². The maximum Gasteiger partial charge on any atom is 0.416 e. The van der Waals surface area contributed by atoms with Crippen molar-refractivity contribution in [2.75, 3.05) is 19.7 Å². The summed E-state index contributed by atoms with van der Waals surface area (Å²) < 4.78 is 57.7. The minimum atomic E-state index is -4.51. The number of ether oxygens (including phenoxy) is 1. The average molecular weight is 393 g/mol. The number of halogens is 4. The van der Waals surface area contributed by atoms with E-state index in [1.54, 1.807) is 0 Å². The summed E-state index contributed by atoms with van der Waals surface area (Å²) >= 11 is 0. The van der Waals surface area contributed by atoms with Gasteiger partial charge in [0.2, 0.25) is 0 Å². The molecule has 0 aromatic heterocycles. The molecule has 0 unspecified atom stereocenters. The van der Waals surface area contributed by atoms with Gasteiger partial charge in [-0.15, -0.1) is 0 Å². The zero-order chi connectivity index (χ0) is 20.1. The van der Waals surface area contributed by atoms with Gasteiger partial charge in [-0.3, -0.25) is 0 Å². The average Bonchev–Trinajstić information content (AvgIpc) is 2.68. The molecule has 2 aromatic rings. The molecule has 0 aliphatic carbocycles. The van der Waals surface area contributed by atoms with Crippen LogP contribution in [0, 0.1) is 6.92 Å². The molecular weight excluding hydrogens is 370 g/mol. The van der Waals surface area contributed by atoms with Crippen LogP contribution < -0.4 is 5.32 Å². The number of benzene rings is 2. The maximum atomic E-state index is 13.0. The van der Waals surface area contributed by atoms with Crippen LogP contribution in [0.15, 0.2) is 48.0 Å². The quantitative estimate of drug-likeness (QED) is 0.659. The highest BCUT2D eigenvalue weighted by molar-refractivity contribution is 5.72. The number of hydrogen-bond donors (Lipinski definition) is 1. The van der Waals surface area contributed by atoms with Gasteiger partial charge in [-0.1, -0.05) is 30.3 Å². The van der Waals surface area contributed by atoms with E-state index in [0.29, 0.717) is 18.7 Å². The topological polar surface area (TPSA) is 21.3 Å². The molecule has 0 spiro atoms. The fraction of sp³-hybridized carbons (Fsp3) is 0.364. The minimum absolute atomic E-state index is 0.00146. The molecule has 1 N–H and O–H groups in total. The Hall–Kier alpha value is -2.18. The Balaban J connectivity index is 1.75. The molecule has 0 amide bonds. The Labute approximate surface area is 162 Å². The van der Waals surface area contributed by atoms with Crippen molar-refractivity contribution in [3.8, 4) is 0 Å². The van der Waals surface area contributed by atoms with Crippen LogP contribution in [0.25, 0.3) is 5.57 Å². The number of nitrogens with one attached hydrogen (secondary N) is 1. The highest BCUT2D eigenvalue weighted by atomic mass is 19.4. The summed E-state index contributed by atoms with van der Waals surface area (Å²) in [7, 11) is 0. The Morgan fingerprint density at radius 1 is 1.04 bits per heavy atom. The van der Waals surface area contributed by atoms with Crippen molar-refractivity contribution in [1.29, 1.82) is 0 Å². The first-order chi connectivity index (χ1) is 13.4. The molecule has 0 atom stereocenters. The first-order valence-electron chi connectivity index (χ1n) is 9.20. The first-order valence-corrected chi connectivity index (χ1v) is 9.20. The number of alkyl halides is 4. The fourth-order valence-corrected chi connectivity index (χ4v) is 3.49. The SMILES string of the molecule is Cc1ccccc1C1=C(COCc2cc(CF)cc(C(F)(F)F)c2)CNCC1. The lowest BCUT2D eigenvalue weighted by Gasteiger charge is -2.23. The normalized spacial score (nSPS) is 15.2. The second-order valence-corrected chi connectivity index (χ2v) is 6.99. The molecule has 0 fully saturated rings. The molecule has 0 saturated heterocycles. The Kier molecular flexibility index (Phi) is 6.52. The standard InChI is InChI=1S/C22H23F4NO/c1-15-4-2-3-5-20(15)21-6-7-27-12-18(21)14-28-13-17-8-16(11-23)9-19(10-17)22(24,25)26/h2-5,8-10,27H,6-7,11-14H2,1H3. The predicted molar refractivity (Wildman–Crippen MR) is 101 cm³/mol. The van der Waals surface area contributed by atoms with E-state index in [-0.39, 0.29) is 12.2 Å². The van der Waals surface area contributed by atoms with Crippen LogP contribution in [-0.2, 0) is 24.2 Å². The largest absolute Gasteiger partial charge is 0.416 e. The molecule has 0 bridgehead atoms. The molecule has 3 rings (SSSR count). The van der Waals surface area contributed by atoms with Crippen LogP contribution in [0.1, 0.15) is 34.2 Å². The Morgan fingerprint density at radius 3 is 2.50 bits per heavy atom. The lowest BCUT2D eigenvalue weighted by molar-refractivity contribution is -0.137. The fourth-order valence-electron chi connectivity index (χ4n) is 3.49. The van der Waals surface area contributed by atoms with E-state index in [1.165, 1.54) is 22.8 Å². The van der Waals surface area contributed by atoms with Gasteiger partial charge in [0, 0.05) is 6.54 Å². The van der Waals surface area contributed by atoms with Crippen molar-refractivity contribution >= 4 is 5.57 Å². The third-order valence-electron chi connectivity index (χ3n) is 4.87. The van der Waals surface area contributed by atoms with Gasteiger partial charge in [0.1, 0.15) is 6.67 Å². The molecular formula is C22H23F4NO. The smallest absolute Gasteiger partial charge is 0.372 e. The maximum absolute atomic E-state index is 13.0. The molecule has 6 heteroatoms. The third-order valence-corrected chi connectivity index (χ3v) is 4.87. The van der Waals surface area contributed by atoms with E-state index < -0.39 is 18.4 Å². The van der Waals surface area contributed by atoms with Crippen LogP contribution >= 0.6 is 0 Å². The van der Waals surface area contributed by atoms with Crippen molar-refractivity contribution in [1.82, 2.24) is 5.32 Å². The van der Waals surface area contributed by atoms with Crippen LogP contribution in [0.3, 0.4) is 0 Å². The Morgan fingerprint density at radius 2 is 1.79 bits per heavy atom. The molecule has 1 heterocycles. The van der Waals surface area contributed by atoms with Crippen molar-refractivity contribution in [2.45, 2.75) is 32.8 Å². The van der Waals surface area contributed by atoms with Gasteiger partial charge >= 0.3 is 6.18 Å². The first kappa shape index (κ1) is 20.6. The minimum Gasteiger partial charge on any atom is -0.372 e. The number of aryl methyl sites for hydroxylation is 1. The van der Waals surface area contributed by atoms with Gasteiger partial charge in [-0.25, -0.2) is 4.39 Å². The summed E-state index contributed by atoms with van der Waals surface area (Å²) in [4.78, 5) is 0. The molecule has 1 aliphatic heterocycles. The molecule has 0 radical (unpaired) electrons. The summed E-state index contributed by atoms with van der Waals surface area (Å²) in [6.45, 7) is 3.00. The molecule has 1 aliphatic rings. The van der Waals surface area contributed by atoms with Crippen molar-refractivity contribution in [3.05, 3.63) is 75.9 Å². The molecule has 2 nitrogen and oxygen atoms in total. The second-order valence-electron chi connectivity index (χ2n) is 6.99. The van der Waals surface area contributed by atoms with Crippen LogP contribution in [-0.4, -0.2) is 19.7 Å². The van der Waals surface area contributed by atoms with E-state index in [1.807, 2.05) is 12.1 Å². The van der Waals surface area contributed by atoms with Crippen molar-refractivity contribution in [2.24, 2.45) is 0 Å². The molecule has 28 heavy (non-hydrogen) atoms. The summed E-state index contributed by atoms with van der Waals surface area (Å²) in [6, 6.07) is 11.4. The summed E-state index contributed by atoms with van der Waals surface area (Å²) in [5, 5.41) is 3.31. The van der Waals surface area contributed by atoms with Crippen molar-refractivity contribution < 1.29 is 22.3 Å². The molecule has 2 aromatic carbocycles. The van der Waals surface area contributed by atoms with Gasteiger partial charge < -0.3 is 10.1 Å². The van der Waals surface area contributed by atoms with E-state index in [0.717, 1.165) is 30.7 Å². The molecule has 0 saturated carbocycles. The highest BCUT2D eigenvalue weighted by Gasteiger charge is 2.31.